The molecule has 4 aliphatic carbocycles. The summed E-state index contributed by atoms with van der Waals surface area (Å²) >= 11 is 8.89. The Hall–Kier alpha value is 0.340. The molecule has 0 aromatic rings. The summed E-state index contributed by atoms with van der Waals surface area (Å²) in [6.07, 6.45) is 16.9. The molecule has 38 heavy (non-hydrogen) atoms. The number of rotatable bonds is 9. The molecule has 2 N–H and O–H groups in total. The van der Waals surface area contributed by atoms with Crippen molar-refractivity contribution in [1.82, 2.24) is 10.6 Å². The van der Waals surface area contributed by atoms with Crippen molar-refractivity contribution in [3.63, 3.8) is 0 Å². The maximum atomic E-state index is 13.0. The molecule has 8 heteroatoms. The van der Waals surface area contributed by atoms with Gasteiger partial charge in [0.25, 0.3) is 0 Å². The molecule has 0 aromatic carbocycles. The van der Waals surface area contributed by atoms with Crippen molar-refractivity contribution in [2.45, 2.75) is 98.0 Å². The first-order chi connectivity index (χ1) is 18.6. The van der Waals surface area contributed by atoms with Crippen molar-refractivity contribution in [1.29, 1.82) is 0 Å². The van der Waals surface area contributed by atoms with E-state index in [-0.39, 0.29) is 11.8 Å². The van der Waals surface area contributed by atoms with Crippen LogP contribution in [0.2, 0.25) is 0 Å². The molecule has 2 heterocycles. The number of nitrogens with one attached hydrogen (secondary N) is 2. The Labute approximate surface area is 247 Å². The molecule has 2 amide bonds. The van der Waals surface area contributed by atoms with E-state index in [1.165, 1.54) is 61.5 Å². The SMILES string of the molecule is O=C(NCCCCCCNC(=O)C1C[C@@H]2CCC[C@@H](C1)C21SCCS1)C1CC2CCCC(C1)C21SCCS1. The Kier molecular flexibility index (Phi) is 9.50. The van der Waals surface area contributed by atoms with Gasteiger partial charge in [0.15, 0.2) is 0 Å². The summed E-state index contributed by atoms with van der Waals surface area (Å²) in [5.74, 6) is 9.33. The third kappa shape index (κ3) is 5.69. The maximum absolute atomic E-state index is 13.0. The number of hydrogen-bond acceptors (Lipinski definition) is 6. The van der Waals surface area contributed by atoms with Gasteiger partial charge in [-0.1, -0.05) is 25.7 Å². The fraction of sp³-hybridized carbons (Fsp3) is 0.933. The molecule has 2 spiro atoms. The molecule has 0 aromatic heterocycles. The van der Waals surface area contributed by atoms with E-state index >= 15 is 0 Å². The van der Waals surface area contributed by atoms with Crippen molar-refractivity contribution in [3.8, 4) is 0 Å². The number of unbranched alkanes of at least 4 members (excludes halogenated alkanes) is 3. The van der Waals surface area contributed by atoms with Gasteiger partial charge in [-0.2, -0.15) is 0 Å². The zero-order valence-electron chi connectivity index (χ0n) is 23.1. The molecular weight excluding hydrogens is 549 g/mol. The summed E-state index contributed by atoms with van der Waals surface area (Å²) in [6.45, 7) is 1.63. The second-order valence-corrected chi connectivity index (χ2v) is 18.8. The van der Waals surface area contributed by atoms with Crippen molar-refractivity contribution in [2.24, 2.45) is 35.5 Å². The van der Waals surface area contributed by atoms with Crippen molar-refractivity contribution in [3.05, 3.63) is 0 Å². The topological polar surface area (TPSA) is 58.2 Å². The minimum absolute atomic E-state index is 0.244. The average molecular weight is 597 g/mol. The van der Waals surface area contributed by atoms with Crippen LogP contribution in [-0.2, 0) is 9.59 Å². The van der Waals surface area contributed by atoms with E-state index in [9.17, 15) is 9.59 Å². The Morgan fingerprint density at radius 1 is 0.553 bits per heavy atom. The van der Waals surface area contributed by atoms with Crippen LogP contribution < -0.4 is 10.6 Å². The highest BCUT2D eigenvalue weighted by atomic mass is 32.2. The van der Waals surface area contributed by atoms with Gasteiger partial charge in [-0.05, 0) is 87.9 Å². The highest BCUT2D eigenvalue weighted by Crippen LogP contribution is 2.65. The van der Waals surface area contributed by atoms with Crippen LogP contribution in [0.3, 0.4) is 0 Å². The van der Waals surface area contributed by atoms with Crippen LogP contribution in [0.15, 0.2) is 0 Å². The Morgan fingerprint density at radius 3 is 1.24 bits per heavy atom. The monoisotopic (exact) mass is 596 g/mol. The van der Waals surface area contributed by atoms with Crippen LogP contribution in [0.5, 0.6) is 0 Å². The molecule has 4 saturated carbocycles. The normalized spacial score (nSPS) is 36.8. The largest absolute Gasteiger partial charge is 0.356 e. The zero-order chi connectivity index (χ0) is 26.0. The summed E-state index contributed by atoms with van der Waals surface area (Å²) < 4.78 is 0.910. The highest BCUT2D eigenvalue weighted by Gasteiger charge is 2.56. The molecule has 2 saturated heterocycles. The van der Waals surface area contributed by atoms with Gasteiger partial charge >= 0.3 is 0 Å². The van der Waals surface area contributed by atoms with E-state index in [2.05, 4.69) is 57.7 Å². The number of hydrogen-bond donors (Lipinski definition) is 2. The molecule has 214 valence electrons. The van der Waals surface area contributed by atoms with E-state index in [0.717, 1.165) is 88.1 Å². The van der Waals surface area contributed by atoms with Gasteiger partial charge in [0.1, 0.15) is 0 Å². The van der Waals surface area contributed by atoms with E-state index in [1.807, 2.05) is 0 Å². The second-order valence-electron chi connectivity index (χ2n) is 12.8. The van der Waals surface area contributed by atoms with Crippen LogP contribution in [-0.4, -0.2) is 56.1 Å². The van der Waals surface area contributed by atoms with Crippen LogP contribution in [0.4, 0.5) is 0 Å². The molecule has 4 nitrogen and oxygen atoms in total. The molecular formula is C30H48N2O2S4. The molecule has 6 rings (SSSR count). The van der Waals surface area contributed by atoms with Gasteiger partial charge in [-0.3, -0.25) is 9.59 Å². The zero-order valence-corrected chi connectivity index (χ0v) is 26.3. The number of carbonyl (C=O) groups excluding carboxylic acids is 2. The lowest BCUT2D eigenvalue weighted by atomic mass is 9.67. The highest BCUT2D eigenvalue weighted by molar-refractivity contribution is 8.21. The van der Waals surface area contributed by atoms with Gasteiger partial charge < -0.3 is 10.6 Å². The third-order valence-electron chi connectivity index (χ3n) is 10.7. The Balaban J connectivity index is 0.838. The minimum Gasteiger partial charge on any atom is -0.356 e. The Bertz CT molecular complexity index is 744. The fourth-order valence-electron chi connectivity index (χ4n) is 8.96. The van der Waals surface area contributed by atoms with Crippen LogP contribution >= 0.6 is 47.0 Å². The second kappa shape index (κ2) is 12.7. The summed E-state index contributed by atoms with van der Waals surface area (Å²) in [4.78, 5) is 25.9. The smallest absolute Gasteiger partial charge is 0.223 e. The predicted molar refractivity (Wildman–Crippen MR) is 167 cm³/mol. The van der Waals surface area contributed by atoms with Crippen LogP contribution in [0.1, 0.15) is 89.9 Å². The number of carbonyl (C=O) groups is 2. The standard InChI is InChI=1S/C30H48N2O2S4/c33-27(21-17-23-7-5-8-24(18-21)29(23)35-13-14-36-29)31-11-3-1-2-4-12-32-28(34)22-19-25-9-6-10-26(20-22)30(25)37-15-16-38-30/h21-26H,1-20H2,(H,31,33)(H,32,34)/t21?,23?,24?,25-,26-/m0/s1. The van der Waals surface area contributed by atoms with E-state index in [4.69, 9.17) is 0 Å². The van der Waals surface area contributed by atoms with Crippen LogP contribution in [0.25, 0.3) is 0 Å². The van der Waals surface area contributed by atoms with Gasteiger partial charge in [0.05, 0.1) is 8.16 Å². The first-order valence-electron chi connectivity index (χ1n) is 15.7. The molecule has 2 aliphatic heterocycles. The van der Waals surface area contributed by atoms with Crippen molar-refractivity contribution >= 4 is 58.9 Å². The average Bonchev–Trinajstić information content (AvgIpc) is 3.56. The van der Waals surface area contributed by atoms with Crippen molar-refractivity contribution in [2.75, 3.05) is 36.1 Å². The van der Waals surface area contributed by atoms with Crippen LogP contribution in [0, 0.1) is 35.5 Å². The lowest BCUT2D eigenvalue weighted by molar-refractivity contribution is -0.128. The lowest BCUT2D eigenvalue weighted by Gasteiger charge is -2.52. The summed E-state index contributed by atoms with van der Waals surface area (Å²) in [6, 6.07) is 0. The van der Waals surface area contributed by atoms with Gasteiger partial charge in [-0.25, -0.2) is 0 Å². The lowest BCUT2D eigenvalue weighted by Crippen LogP contribution is -2.49. The van der Waals surface area contributed by atoms with Gasteiger partial charge in [0.2, 0.25) is 11.8 Å². The molecule has 0 radical (unpaired) electrons. The molecule has 6 aliphatic rings. The maximum Gasteiger partial charge on any atom is 0.223 e. The first-order valence-corrected chi connectivity index (χ1v) is 19.7. The summed E-state index contributed by atoms with van der Waals surface area (Å²) in [5.41, 5.74) is 0. The first kappa shape index (κ1) is 28.5. The molecule has 6 fully saturated rings. The fourth-order valence-corrected chi connectivity index (χ4v) is 16.8. The van der Waals surface area contributed by atoms with E-state index in [1.54, 1.807) is 0 Å². The summed E-state index contributed by atoms with van der Waals surface area (Å²) in [5, 5.41) is 6.57. The van der Waals surface area contributed by atoms with Gasteiger partial charge in [0, 0.05) is 47.9 Å². The van der Waals surface area contributed by atoms with Gasteiger partial charge in [-0.15, -0.1) is 47.0 Å². The number of amides is 2. The Morgan fingerprint density at radius 2 is 0.895 bits per heavy atom. The number of thioether (sulfide) groups is 4. The van der Waals surface area contributed by atoms with Crippen molar-refractivity contribution < 1.29 is 9.59 Å². The third-order valence-corrected chi connectivity index (χ3v) is 18.7. The quantitative estimate of drug-likeness (QED) is 0.286. The molecule has 4 atom stereocenters. The summed E-state index contributed by atoms with van der Waals surface area (Å²) in [7, 11) is 0. The van der Waals surface area contributed by atoms with E-state index < -0.39 is 0 Å². The molecule has 4 bridgehead atoms. The minimum atomic E-state index is 0.244. The van der Waals surface area contributed by atoms with E-state index in [0.29, 0.717) is 20.0 Å². The molecule has 2 unspecified atom stereocenters. The predicted octanol–water partition coefficient (Wildman–Crippen LogP) is 6.78.